The van der Waals surface area contributed by atoms with E-state index in [9.17, 15) is 9.18 Å². The summed E-state index contributed by atoms with van der Waals surface area (Å²) in [4.78, 5) is 11.8. The summed E-state index contributed by atoms with van der Waals surface area (Å²) in [6.45, 7) is 0. The Hall–Kier alpha value is -2.67. The number of H-pyrrole nitrogens is 1. The number of aromatic carboxylic acids is 1. The number of nitrogens with zero attached hydrogens (tertiary/aromatic N) is 2. The molecule has 22 heavy (non-hydrogen) atoms. The molecule has 0 aliphatic carbocycles. The lowest BCUT2D eigenvalue weighted by atomic mass is 10.1. The normalized spacial score (nSPS) is 10.6. The first-order valence-corrected chi connectivity index (χ1v) is 7.13. The van der Waals surface area contributed by atoms with Gasteiger partial charge in [-0.1, -0.05) is 36.0 Å². The molecule has 2 N–H and O–H groups in total. The maximum absolute atomic E-state index is 12.9. The van der Waals surface area contributed by atoms with Crippen LogP contribution in [0, 0.1) is 5.82 Å². The molecule has 1 heterocycles. The largest absolute Gasteiger partial charge is 0.476 e. The van der Waals surface area contributed by atoms with Gasteiger partial charge in [0.2, 0.25) is 5.69 Å². The number of halogens is 1. The highest BCUT2D eigenvalue weighted by molar-refractivity contribution is 7.99. The van der Waals surface area contributed by atoms with Crippen molar-refractivity contribution in [2.24, 2.45) is 0 Å². The van der Waals surface area contributed by atoms with Gasteiger partial charge in [0.15, 0.2) is 5.03 Å². The molecule has 110 valence electrons. The molecule has 0 radical (unpaired) electrons. The van der Waals surface area contributed by atoms with Crippen molar-refractivity contribution in [3.63, 3.8) is 0 Å². The molecule has 2 aromatic carbocycles. The minimum Gasteiger partial charge on any atom is -0.476 e. The van der Waals surface area contributed by atoms with Gasteiger partial charge in [0, 0.05) is 4.90 Å². The summed E-state index contributed by atoms with van der Waals surface area (Å²) < 4.78 is 12.9. The molecule has 0 spiro atoms. The number of carboxylic acid groups (broad SMARTS) is 1. The van der Waals surface area contributed by atoms with E-state index in [0.717, 1.165) is 16.0 Å². The predicted octanol–water partition coefficient (Wildman–Crippen LogP) is 3.46. The summed E-state index contributed by atoms with van der Waals surface area (Å²) in [7, 11) is 0. The van der Waals surface area contributed by atoms with Gasteiger partial charge >= 0.3 is 5.97 Å². The van der Waals surface area contributed by atoms with E-state index in [0.29, 0.717) is 5.03 Å². The van der Waals surface area contributed by atoms with Gasteiger partial charge in [-0.05, 0) is 35.4 Å². The first kappa shape index (κ1) is 14.3. The van der Waals surface area contributed by atoms with Crippen molar-refractivity contribution in [2.75, 3.05) is 0 Å². The number of nitrogens with one attached hydrogen (secondary N) is 1. The van der Waals surface area contributed by atoms with Crippen molar-refractivity contribution in [3.8, 4) is 11.1 Å². The fourth-order valence-corrected chi connectivity index (χ4v) is 2.71. The second-order valence-corrected chi connectivity index (χ2v) is 5.48. The van der Waals surface area contributed by atoms with Crippen LogP contribution in [-0.4, -0.2) is 26.5 Å². The minimum absolute atomic E-state index is 0.104. The van der Waals surface area contributed by atoms with Gasteiger partial charge in [-0.2, -0.15) is 5.21 Å². The number of aromatic amines is 1. The zero-order chi connectivity index (χ0) is 15.5. The van der Waals surface area contributed by atoms with Crippen LogP contribution < -0.4 is 0 Å². The van der Waals surface area contributed by atoms with Crippen molar-refractivity contribution in [1.82, 2.24) is 15.4 Å². The Labute approximate surface area is 129 Å². The van der Waals surface area contributed by atoms with Crippen LogP contribution >= 0.6 is 11.8 Å². The summed E-state index contributed by atoms with van der Waals surface area (Å²) in [6, 6.07) is 13.7. The molecule has 0 saturated carbocycles. The molecule has 1 aromatic heterocycles. The van der Waals surface area contributed by atoms with Gasteiger partial charge in [0.1, 0.15) is 5.82 Å². The summed E-state index contributed by atoms with van der Waals surface area (Å²) in [5.41, 5.74) is 1.75. The van der Waals surface area contributed by atoms with Crippen LogP contribution in [0.1, 0.15) is 10.5 Å². The van der Waals surface area contributed by atoms with Crippen LogP contribution in [-0.2, 0) is 0 Å². The van der Waals surface area contributed by atoms with Crippen molar-refractivity contribution < 1.29 is 14.3 Å². The monoisotopic (exact) mass is 315 g/mol. The molecule has 0 aliphatic heterocycles. The topological polar surface area (TPSA) is 78.9 Å². The van der Waals surface area contributed by atoms with Crippen LogP contribution in [0.4, 0.5) is 4.39 Å². The Morgan fingerprint density at radius 1 is 1.00 bits per heavy atom. The molecule has 0 amide bonds. The second kappa shape index (κ2) is 5.98. The summed E-state index contributed by atoms with van der Waals surface area (Å²) in [5, 5.41) is 19.0. The molecule has 7 heteroatoms. The van der Waals surface area contributed by atoms with E-state index >= 15 is 0 Å². The number of carbonyl (C=O) groups is 1. The average molecular weight is 315 g/mol. The van der Waals surface area contributed by atoms with E-state index in [4.69, 9.17) is 5.11 Å². The summed E-state index contributed by atoms with van der Waals surface area (Å²) >= 11 is 1.21. The van der Waals surface area contributed by atoms with Crippen LogP contribution in [0.3, 0.4) is 0 Å². The SMILES string of the molecule is O=C(O)c1n[nH]nc1Sc1ccc(-c2ccc(F)cc2)cc1. The molecule has 3 aromatic rings. The van der Waals surface area contributed by atoms with Crippen molar-refractivity contribution >= 4 is 17.7 Å². The molecular formula is C15H10FN3O2S. The highest BCUT2D eigenvalue weighted by Gasteiger charge is 2.16. The number of hydrogen-bond donors (Lipinski definition) is 2. The lowest BCUT2D eigenvalue weighted by molar-refractivity contribution is 0.0686. The lowest BCUT2D eigenvalue weighted by Gasteiger charge is -2.03. The molecular weight excluding hydrogens is 305 g/mol. The predicted molar refractivity (Wildman–Crippen MR) is 79.3 cm³/mol. The third-order valence-electron chi connectivity index (χ3n) is 2.96. The fraction of sp³-hybridized carbons (Fsp3) is 0. The van der Waals surface area contributed by atoms with E-state index < -0.39 is 5.97 Å². The number of rotatable bonds is 4. The molecule has 0 aliphatic rings. The zero-order valence-electron chi connectivity index (χ0n) is 11.2. The van der Waals surface area contributed by atoms with Gasteiger partial charge in [-0.25, -0.2) is 9.18 Å². The third-order valence-corrected chi connectivity index (χ3v) is 3.95. The smallest absolute Gasteiger partial charge is 0.359 e. The highest BCUT2D eigenvalue weighted by Crippen LogP contribution is 2.30. The number of benzene rings is 2. The Kier molecular flexibility index (Phi) is 3.88. The number of aromatic nitrogens is 3. The Morgan fingerprint density at radius 2 is 1.59 bits per heavy atom. The second-order valence-electron chi connectivity index (χ2n) is 4.42. The molecule has 0 atom stereocenters. The average Bonchev–Trinajstić information content (AvgIpc) is 2.97. The Balaban J connectivity index is 1.81. The van der Waals surface area contributed by atoms with Gasteiger partial charge in [-0.15, -0.1) is 10.2 Å². The minimum atomic E-state index is -1.13. The van der Waals surface area contributed by atoms with Gasteiger partial charge in [0.25, 0.3) is 0 Å². The molecule has 0 fully saturated rings. The standard InChI is InChI=1S/C15H10FN3O2S/c16-11-5-1-9(2-6-11)10-3-7-12(8-4-10)22-14-13(15(20)21)17-19-18-14/h1-8H,(H,20,21)(H,17,18,19). The van der Waals surface area contributed by atoms with E-state index in [-0.39, 0.29) is 11.5 Å². The van der Waals surface area contributed by atoms with Crippen LogP contribution in [0.5, 0.6) is 0 Å². The lowest BCUT2D eigenvalue weighted by Crippen LogP contribution is -1.98. The first-order valence-electron chi connectivity index (χ1n) is 6.31. The molecule has 0 bridgehead atoms. The molecule has 0 saturated heterocycles. The quantitative estimate of drug-likeness (QED) is 0.771. The van der Waals surface area contributed by atoms with E-state index in [1.54, 1.807) is 12.1 Å². The van der Waals surface area contributed by atoms with Crippen molar-refractivity contribution in [1.29, 1.82) is 0 Å². The Morgan fingerprint density at radius 3 is 2.18 bits per heavy atom. The summed E-state index contributed by atoms with van der Waals surface area (Å²) in [5.74, 6) is -1.40. The van der Waals surface area contributed by atoms with Crippen LogP contribution in [0.2, 0.25) is 0 Å². The van der Waals surface area contributed by atoms with Crippen molar-refractivity contribution in [3.05, 3.63) is 60.0 Å². The van der Waals surface area contributed by atoms with Gasteiger partial charge < -0.3 is 5.11 Å². The molecule has 0 unspecified atom stereocenters. The maximum atomic E-state index is 12.9. The van der Waals surface area contributed by atoms with Crippen LogP contribution in [0.15, 0.2) is 58.5 Å². The number of carboxylic acids is 1. The van der Waals surface area contributed by atoms with E-state index in [1.807, 2.05) is 24.3 Å². The molecule has 3 rings (SSSR count). The maximum Gasteiger partial charge on any atom is 0.359 e. The van der Waals surface area contributed by atoms with Crippen molar-refractivity contribution in [2.45, 2.75) is 9.92 Å². The first-order chi connectivity index (χ1) is 10.6. The van der Waals surface area contributed by atoms with E-state index in [1.165, 1.54) is 23.9 Å². The number of hydrogen-bond acceptors (Lipinski definition) is 4. The molecule has 5 nitrogen and oxygen atoms in total. The Bertz CT molecular complexity index is 800. The van der Waals surface area contributed by atoms with Gasteiger partial charge in [0.05, 0.1) is 0 Å². The summed E-state index contributed by atoms with van der Waals surface area (Å²) in [6.07, 6.45) is 0. The van der Waals surface area contributed by atoms with Crippen LogP contribution in [0.25, 0.3) is 11.1 Å². The fourth-order valence-electron chi connectivity index (χ4n) is 1.90. The van der Waals surface area contributed by atoms with Gasteiger partial charge in [-0.3, -0.25) is 0 Å². The van der Waals surface area contributed by atoms with E-state index in [2.05, 4.69) is 15.4 Å². The zero-order valence-corrected chi connectivity index (χ0v) is 12.0. The highest BCUT2D eigenvalue weighted by atomic mass is 32.2. The third kappa shape index (κ3) is 2.99.